The Morgan fingerprint density at radius 1 is 1.38 bits per heavy atom. The lowest BCUT2D eigenvalue weighted by Gasteiger charge is -2.20. The van der Waals surface area contributed by atoms with E-state index >= 15 is 0 Å². The highest BCUT2D eigenvalue weighted by atomic mass is 32.1. The Hall–Kier alpha value is 0.310. The van der Waals surface area contributed by atoms with E-state index in [-0.39, 0.29) is 0 Å². The SMILES string of the molecule is CC1CCN([SH2+])CC1. The molecule has 0 aliphatic carbocycles. The molecule has 0 radical (unpaired) electrons. The van der Waals surface area contributed by atoms with Crippen LogP contribution in [0.4, 0.5) is 0 Å². The number of hydrogen-bond acceptors (Lipinski definition) is 1. The van der Waals surface area contributed by atoms with Crippen LogP contribution in [0, 0.1) is 5.92 Å². The van der Waals surface area contributed by atoms with E-state index < -0.39 is 0 Å². The summed E-state index contributed by atoms with van der Waals surface area (Å²) in [4.78, 5) is 0. The molecule has 0 N–H and O–H groups in total. The average Bonchev–Trinajstić information content (AvgIpc) is 1.77. The molecule has 48 valence electrons. The fourth-order valence-electron chi connectivity index (χ4n) is 1.01. The van der Waals surface area contributed by atoms with Crippen LogP contribution in [0.2, 0.25) is 0 Å². The third-order valence-corrected chi connectivity index (χ3v) is 2.23. The summed E-state index contributed by atoms with van der Waals surface area (Å²) in [6.45, 7) is 4.76. The van der Waals surface area contributed by atoms with E-state index in [9.17, 15) is 0 Å². The van der Waals surface area contributed by atoms with Gasteiger partial charge in [0.15, 0.2) is 0 Å². The molecule has 2 heteroatoms. The second-order valence-electron chi connectivity index (χ2n) is 2.67. The average molecular weight is 132 g/mol. The molecule has 1 rings (SSSR count). The van der Waals surface area contributed by atoms with Gasteiger partial charge in [-0.05, 0) is 18.8 Å². The van der Waals surface area contributed by atoms with Gasteiger partial charge in [-0.1, -0.05) is 6.92 Å². The molecule has 0 saturated carbocycles. The summed E-state index contributed by atoms with van der Waals surface area (Å²) in [5.74, 6) is 0.947. The smallest absolute Gasteiger partial charge is 0.0451 e. The molecule has 1 nitrogen and oxygen atoms in total. The van der Waals surface area contributed by atoms with Gasteiger partial charge in [0, 0.05) is 25.9 Å². The second-order valence-corrected chi connectivity index (χ2v) is 3.30. The summed E-state index contributed by atoms with van der Waals surface area (Å²) in [6.07, 6.45) is 2.70. The van der Waals surface area contributed by atoms with Crippen LogP contribution in [0.3, 0.4) is 0 Å². The van der Waals surface area contributed by atoms with Gasteiger partial charge in [0.05, 0.1) is 0 Å². The van der Waals surface area contributed by atoms with Crippen LogP contribution in [-0.2, 0) is 12.8 Å². The van der Waals surface area contributed by atoms with Gasteiger partial charge >= 0.3 is 0 Å². The zero-order valence-electron chi connectivity index (χ0n) is 5.35. The zero-order chi connectivity index (χ0) is 5.98. The molecule has 0 spiro atoms. The lowest BCUT2D eigenvalue weighted by atomic mass is 10.0. The molecule has 1 saturated heterocycles. The highest BCUT2D eigenvalue weighted by Gasteiger charge is 2.15. The Morgan fingerprint density at radius 3 is 2.25 bits per heavy atom. The van der Waals surface area contributed by atoms with Crippen LogP contribution < -0.4 is 0 Å². The highest BCUT2D eigenvalue weighted by Crippen LogP contribution is 2.13. The largest absolute Gasteiger partial charge is 0.130 e. The normalized spacial score (nSPS) is 26.2. The molecule has 0 aromatic rings. The molecule has 0 unspecified atom stereocenters. The maximum atomic E-state index is 3.50. The Labute approximate surface area is 56.6 Å². The molecule has 1 aliphatic heterocycles. The van der Waals surface area contributed by atoms with Crippen LogP contribution in [0.15, 0.2) is 0 Å². The molecular weight excluding hydrogens is 118 g/mol. The Morgan fingerprint density at radius 2 is 1.88 bits per heavy atom. The van der Waals surface area contributed by atoms with Gasteiger partial charge in [0.2, 0.25) is 0 Å². The van der Waals surface area contributed by atoms with E-state index in [4.69, 9.17) is 0 Å². The van der Waals surface area contributed by atoms with Crippen molar-refractivity contribution in [2.75, 3.05) is 13.1 Å². The molecule has 1 fully saturated rings. The molecule has 0 bridgehead atoms. The summed E-state index contributed by atoms with van der Waals surface area (Å²) < 4.78 is 2.21. The van der Waals surface area contributed by atoms with E-state index in [0.29, 0.717) is 0 Å². The van der Waals surface area contributed by atoms with Crippen LogP contribution in [-0.4, -0.2) is 17.4 Å². The second kappa shape index (κ2) is 2.74. The zero-order valence-corrected chi connectivity index (χ0v) is 6.35. The third-order valence-electron chi connectivity index (χ3n) is 1.78. The minimum Gasteiger partial charge on any atom is -0.130 e. The maximum absolute atomic E-state index is 3.50. The molecule has 0 amide bonds. The first kappa shape index (κ1) is 6.43. The lowest BCUT2D eigenvalue weighted by molar-refractivity contribution is 0.310. The Balaban J connectivity index is 2.19. The summed E-state index contributed by atoms with van der Waals surface area (Å²) >= 11 is 3.50. The molecule has 0 aromatic heterocycles. The minimum absolute atomic E-state index is 0.947. The lowest BCUT2D eigenvalue weighted by Crippen LogP contribution is -2.27. The molecule has 1 heterocycles. The minimum atomic E-state index is 0.947. The van der Waals surface area contributed by atoms with Gasteiger partial charge in [-0.25, -0.2) is 0 Å². The van der Waals surface area contributed by atoms with Gasteiger partial charge in [0.1, 0.15) is 0 Å². The first-order valence-corrected chi connectivity index (χ1v) is 3.70. The van der Waals surface area contributed by atoms with Crippen molar-refractivity contribution in [3.8, 4) is 0 Å². The van der Waals surface area contributed by atoms with Crippen LogP contribution >= 0.6 is 0 Å². The molecular formula is C6H14NS+. The van der Waals surface area contributed by atoms with E-state index in [0.717, 1.165) is 5.92 Å². The van der Waals surface area contributed by atoms with Crippen molar-refractivity contribution in [2.24, 2.45) is 5.92 Å². The quantitative estimate of drug-likeness (QED) is 0.437. The first-order chi connectivity index (χ1) is 3.79. The number of nitrogens with zero attached hydrogens (tertiary/aromatic N) is 1. The molecule has 1 aliphatic rings. The fraction of sp³-hybridized carbons (Fsp3) is 1.00. The van der Waals surface area contributed by atoms with E-state index in [2.05, 4.69) is 24.0 Å². The van der Waals surface area contributed by atoms with E-state index in [1.807, 2.05) is 0 Å². The van der Waals surface area contributed by atoms with Crippen molar-refractivity contribution in [2.45, 2.75) is 19.8 Å². The third kappa shape index (κ3) is 1.67. The van der Waals surface area contributed by atoms with E-state index in [1.54, 1.807) is 0 Å². The van der Waals surface area contributed by atoms with Gasteiger partial charge in [-0.15, -0.1) is 4.31 Å². The van der Waals surface area contributed by atoms with Crippen molar-refractivity contribution in [1.82, 2.24) is 4.31 Å². The molecule has 8 heavy (non-hydrogen) atoms. The van der Waals surface area contributed by atoms with Crippen molar-refractivity contribution in [3.63, 3.8) is 0 Å². The summed E-state index contributed by atoms with van der Waals surface area (Å²) in [5.41, 5.74) is 0. The fourth-order valence-corrected chi connectivity index (χ4v) is 1.27. The standard InChI is InChI=1S/C6H13NS/c1-6-2-4-7(8)5-3-6/h6,8H,2-5H2,1H3/p+1. The highest BCUT2D eigenvalue weighted by molar-refractivity contribution is 7.55. The monoisotopic (exact) mass is 132 g/mol. The van der Waals surface area contributed by atoms with Gasteiger partial charge < -0.3 is 0 Å². The summed E-state index contributed by atoms with van der Waals surface area (Å²) in [6, 6.07) is 0. The summed E-state index contributed by atoms with van der Waals surface area (Å²) in [7, 11) is 0. The van der Waals surface area contributed by atoms with Crippen molar-refractivity contribution in [1.29, 1.82) is 0 Å². The maximum Gasteiger partial charge on any atom is 0.0451 e. The Kier molecular flexibility index (Phi) is 2.20. The van der Waals surface area contributed by atoms with Gasteiger partial charge in [-0.2, -0.15) is 0 Å². The number of rotatable bonds is 0. The Bertz CT molecular complexity index is 56.9. The van der Waals surface area contributed by atoms with Crippen LogP contribution in [0.25, 0.3) is 0 Å². The molecule has 0 atom stereocenters. The van der Waals surface area contributed by atoms with Crippen molar-refractivity contribution >= 4 is 12.8 Å². The molecule has 0 aromatic carbocycles. The predicted octanol–water partition coefficient (Wildman–Crippen LogP) is 0.645. The van der Waals surface area contributed by atoms with Crippen molar-refractivity contribution < 1.29 is 0 Å². The van der Waals surface area contributed by atoms with Crippen LogP contribution in [0.1, 0.15) is 19.8 Å². The topological polar surface area (TPSA) is 3.24 Å². The van der Waals surface area contributed by atoms with Gasteiger partial charge in [0.25, 0.3) is 0 Å². The predicted molar refractivity (Wildman–Crippen MR) is 40.1 cm³/mol. The van der Waals surface area contributed by atoms with Crippen LogP contribution in [0.5, 0.6) is 0 Å². The number of hydrogen-bond donors (Lipinski definition) is 0. The van der Waals surface area contributed by atoms with Gasteiger partial charge in [-0.3, -0.25) is 0 Å². The van der Waals surface area contributed by atoms with E-state index in [1.165, 1.54) is 25.9 Å². The van der Waals surface area contributed by atoms with Crippen molar-refractivity contribution in [3.05, 3.63) is 0 Å². The summed E-state index contributed by atoms with van der Waals surface area (Å²) in [5, 5.41) is 0. The number of piperidine rings is 1. The first-order valence-electron chi connectivity index (χ1n) is 3.25.